The number of rotatable bonds is 5. The predicted molar refractivity (Wildman–Crippen MR) is 74.4 cm³/mol. The van der Waals surface area contributed by atoms with Crippen LogP contribution in [-0.2, 0) is 0 Å². The fourth-order valence-corrected chi connectivity index (χ4v) is 1.60. The van der Waals surface area contributed by atoms with E-state index in [9.17, 15) is 5.11 Å². The third-order valence-corrected chi connectivity index (χ3v) is 2.73. The molecule has 1 aromatic heterocycles. The molecule has 0 aliphatic heterocycles. The Balaban J connectivity index is 2.86. The van der Waals surface area contributed by atoms with Crippen molar-refractivity contribution in [3.8, 4) is 0 Å². The maximum absolute atomic E-state index is 9.26. The molecule has 1 atom stereocenters. The molecule has 0 aliphatic rings. The Morgan fingerprint density at radius 3 is 2.76 bits per heavy atom. The van der Waals surface area contributed by atoms with Gasteiger partial charge < -0.3 is 15.7 Å². The lowest BCUT2D eigenvalue weighted by Gasteiger charge is -2.20. The molecule has 0 aromatic carbocycles. The number of aliphatic hydroxyl groups is 1. The van der Waals surface area contributed by atoms with E-state index in [1.807, 2.05) is 31.0 Å². The number of aromatic nitrogens is 1. The molecule has 1 unspecified atom stereocenters. The van der Waals surface area contributed by atoms with Crippen LogP contribution in [0.1, 0.15) is 24.6 Å². The van der Waals surface area contributed by atoms with E-state index in [1.54, 1.807) is 6.92 Å². The summed E-state index contributed by atoms with van der Waals surface area (Å²) in [5.41, 5.74) is 7.33. The summed E-state index contributed by atoms with van der Waals surface area (Å²) in [6.45, 7) is 4.43. The second-order valence-electron chi connectivity index (χ2n) is 4.28. The minimum Gasteiger partial charge on any atom is -0.393 e. The highest BCUT2D eigenvalue weighted by Crippen LogP contribution is 2.14. The van der Waals surface area contributed by atoms with Crippen molar-refractivity contribution in [2.45, 2.75) is 26.4 Å². The first kappa shape index (κ1) is 13.9. The third-order valence-electron chi connectivity index (χ3n) is 2.50. The smallest absolute Gasteiger partial charge is 0.129 e. The van der Waals surface area contributed by atoms with Gasteiger partial charge in [0, 0.05) is 24.8 Å². The Bertz CT molecular complexity index is 407. The molecular weight excluding hydrogens is 234 g/mol. The van der Waals surface area contributed by atoms with E-state index in [0.717, 1.165) is 23.6 Å². The van der Waals surface area contributed by atoms with E-state index in [4.69, 9.17) is 18.0 Å². The molecule has 3 N–H and O–H groups in total. The molecule has 17 heavy (non-hydrogen) atoms. The van der Waals surface area contributed by atoms with Crippen LogP contribution in [0.5, 0.6) is 0 Å². The van der Waals surface area contributed by atoms with Gasteiger partial charge in [-0.25, -0.2) is 4.98 Å². The van der Waals surface area contributed by atoms with Crippen molar-refractivity contribution >= 4 is 23.0 Å². The molecule has 0 saturated carbocycles. The van der Waals surface area contributed by atoms with Crippen molar-refractivity contribution < 1.29 is 5.11 Å². The van der Waals surface area contributed by atoms with Gasteiger partial charge in [-0.15, -0.1) is 0 Å². The van der Waals surface area contributed by atoms with Crippen molar-refractivity contribution in [2.24, 2.45) is 5.73 Å². The van der Waals surface area contributed by atoms with Gasteiger partial charge >= 0.3 is 0 Å². The van der Waals surface area contributed by atoms with E-state index in [2.05, 4.69) is 4.98 Å². The zero-order chi connectivity index (χ0) is 13.0. The number of nitrogens with two attached hydrogens (primary N) is 1. The Labute approximate surface area is 107 Å². The lowest BCUT2D eigenvalue weighted by atomic mass is 10.2. The van der Waals surface area contributed by atoms with Gasteiger partial charge in [0.25, 0.3) is 0 Å². The summed E-state index contributed by atoms with van der Waals surface area (Å²) in [5.74, 6) is 0.827. The fraction of sp³-hybridized carbons (Fsp3) is 0.500. The van der Waals surface area contributed by atoms with E-state index in [0.29, 0.717) is 11.4 Å². The van der Waals surface area contributed by atoms with Gasteiger partial charge in [-0.1, -0.05) is 12.2 Å². The lowest BCUT2D eigenvalue weighted by Crippen LogP contribution is -2.23. The summed E-state index contributed by atoms with van der Waals surface area (Å²) < 4.78 is 0. The molecule has 5 heteroatoms. The molecule has 0 spiro atoms. The Morgan fingerprint density at radius 1 is 1.59 bits per heavy atom. The van der Waals surface area contributed by atoms with Gasteiger partial charge in [-0.3, -0.25) is 0 Å². The summed E-state index contributed by atoms with van der Waals surface area (Å²) in [5, 5.41) is 9.26. The fourth-order valence-electron chi connectivity index (χ4n) is 1.48. The van der Waals surface area contributed by atoms with Crippen molar-refractivity contribution in [3.05, 3.63) is 23.4 Å². The average Bonchev–Trinajstić information content (AvgIpc) is 2.24. The summed E-state index contributed by atoms with van der Waals surface area (Å²) in [4.78, 5) is 6.79. The zero-order valence-electron chi connectivity index (χ0n) is 10.5. The first-order valence-electron chi connectivity index (χ1n) is 5.58. The summed E-state index contributed by atoms with van der Waals surface area (Å²) in [6.07, 6.45) is 0.395. The molecular formula is C12H19N3OS. The minimum atomic E-state index is -0.308. The number of nitrogens with zero attached hydrogens (tertiary/aromatic N) is 2. The number of hydrogen-bond acceptors (Lipinski definition) is 4. The van der Waals surface area contributed by atoms with E-state index < -0.39 is 0 Å². The van der Waals surface area contributed by atoms with E-state index >= 15 is 0 Å². The van der Waals surface area contributed by atoms with Crippen LogP contribution in [0.4, 0.5) is 5.82 Å². The Morgan fingerprint density at radius 2 is 2.24 bits per heavy atom. The zero-order valence-corrected chi connectivity index (χ0v) is 11.3. The van der Waals surface area contributed by atoms with E-state index in [-0.39, 0.29) is 6.10 Å². The number of hydrogen-bond donors (Lipinski definition) is 2. The first-order valence-corrected chi connectivity index (χ1v) is 5.98. The molecule has 1 heterocycles. The monoisotopic (exact) mass is 253 g/mol. The van der Waals surface area contributed by atoms with Crippen LogP contribution in [0, 0.1) is 6.92 Å². The molecule has 1 rings (SSSR count). The predicted octanol–water partition coefficient (Wildman–Crippen LogP) is 1.23. The van der Waals surface area contributed by atoms with Gasteiger partial charge in [0.15, 0.2) is 0 Å². The van der Waals surface area contributed by atoms with Crippen molar-refractivity contribution in [1.82, 2.24) is 4.98 Å². The largest absolute Gasteiger partial charge is 0.393 e. The maximum atomic E-state index is 9.26. The van der Waals surface area contributed by atoms with Gasteiger partial charge in [0.1, 0.15) is 10.8 Å². The molecule has 0 radical (unpaired) electrons. The third kappa shape index (κ3) is 4.28. The molecule has 1 aromatic rings. The van der Waals surface area contributed by atoms with Crippen LogP contribution >= 0.6 is 12.2 Å². The highest BCUT2D eigenvalue weighted by Gasteiger charge is 2.07. The van der Waals surface area contributed by atoms with Gasteiger partial charge in [0.05, 0.1) is 6.10 Å². The van der Waals surface area contributed by atoms with Gasteiger partial charge in [-0.2, -0.15) is 0 Å². The second-order valence-corrected chi connectivity index (χ2v) is 4.72. The van der Waals surface area contributed by atoms with E-state index in [1.165, 1.54) is 0 Å². The molecule has 0 saturated heterocycles. The highest BCUT2D eigenvalue weighted by atomic mass is 32.1. The quantitative estimate of drug-likeness (QED) is 0.773. The summed E-state index contributed by atoms with van der Waals surface area (Å²) in [6, 6.07) is 3.74. The average molecular weight is 253 g/mol. The van der Waals surface area contributed by atoms with Crippen LogP contribution in [0.25, 0.3) is 0 Å². The number of thiocarbonyl (C=S) groups is 1. The number of aryl methyl sites for hydroxylation is 1. The van der Waals surface area contributed by atoms with Gasteiger partial charge in [-0.05, 0) is 32.4 Å². The molecule has 0 bridgehead atoms. The van der Waals surface area contributed by atoms with Crippen LogP contribution in [0.15, 0.2) is 12.1 Å². The number of anilines is 1. The number of aliphatic hydroxyl groups excluding tert-OH is 1. The van der Waals surface area contributed by atoms with Crippen molar-refractivity contribution in [2.75, 3.05) is 18.5 Å². The summed E-state index contributed by atoms with van der Waals surface area (Å²) in [7, 11) is 1.94. The standard InChI is InChI=1S/C12H19N3OS/c1-8-6-10(12(13)17)7-11(14-8)15(3)5-4-9(2)16/h6-7,9,16H,4-5H2,1-3H3,(H2,13,17). The van der Waals surface area contributed by atoms with Gasteiger partial charge in [0.2, 0.25) is 0 Å². The SMILES string of the molecule is Cc1cc(C(N)=S)cc(N(C)CCC(C)O)n1. The molecule has 0 fully saturated rings. The second kappa shape index (κ2) is 5.93. The Kier molecular flexibility index (Phi) is 4.84. The van der Waals surface area contributed by atoms with Crippen LogP contribution < -0.4 is 10.6 Å². The molecule has 0 aliphatic carbocycles. The van der Waals surface area contributed by atoms with Crippen molar-refractivity contribution in [1.29, 1.82) is 0 Å². The van der Waals surface area contributed by atoms with Crippen LogP contribution in [-0.4, -0.2) is 34.8 Å². The van der Waals surface area contributed by atoms with Crippen LogP contribution in [0.2, 0.25) is 0 Å². The minimum absolute atomic E-state index is 0.308. The number of pyridine rings is 1. The normalized spacial score (nSPS) is 12.2. The first-order chi connectivity index (χ1) is 7.90. The topological polar surface area (TPSA) is 62.4 Å². The maximum Gasteiger partial charge on any atom is 0.129 e. The van der Waals surface area contributed by atoms with Crippen molar-refractivity contribution in [3.63, 3.8) is 0 Å². The highest BCUT2D eigenvalue weighted by molar-refractivity contribution is 7.80. The molecule has 0 amide bonds. The Hall–Kier alpha value is -1.20. The molecule has 4 nitrogen and oxygen atoms in total. The molecule has 94 valence electrons. The lowest BCUT2D eigenvalue weighted by molar-refractivity contribution is 0.187. The van der Waals surface area contributed by atoms with Crippen LogP contribution in [0.3, 0.4) is 0 Å². The summed E-state index contributed by atoms with van der Waals surface area (Å²) >= 11 is 4.97.